The third kappa shape index (κ3) is 8.16. The highest BCUT2D eigenvalue weighted by Crippen LogP contribution is 2.24. The Morgan fingerprint density at radius 1 is 1.00 bits per heavy atom. The van der Waals surface area contributed by atoms with Gasteiger partial charge in [0.15, 0.2) is 0 Å². The number of nitrogens with one attached hydrogen (secondary N) is 2. The van der Waals surface area contributed by atoms with Crippen LogP contribution in [-0.2, 0) is 10.2 Å². The summed E-state index contributed by atoms with van der Waals surface area (Å²) in [7, 11) is 0. The molecule has 0 saturated carbocycles. The van der Waals surface area contributed by atoms with Gasteiger partial charge in [0, 0.05) is 30.1 Å². The maximum Gasteiger partial charge on any atom is 0.251 e. The Morgan fingerprint density at radius 2 is 1.69 bits per heavy atom. The van der Waals surface area contributed by atoms with Crippen molar-refractivity contribution in [3.8, 4) is 5.75 Å². The molecule has 0 aliphatic heterocycles. The van der Waals surface area contributed by atoms with Gasteiger partial charge in [0.05, 0.1) is 6.61 Å². The van der Waals surface area contributed by atoms with Crippen LogP contribution in [0.4, 0.5) is 0 Å². The van der Waals surface area contributed by atoms with Gasteiger partial charge in [-0.25, -0.2) is 0 Å². The Labute approximate surface area is 177 Å². The second kappa shape index (κ2) is 10.9. The van der Waals surface area contributed by atoms with Gasteiger partial charge < -0.3 is 15.4 Å². The van der Waals surface area contributed by atoms with Crippen LogP contribution in [0.3, 0.4) is 0 Å². The summed E-state index contributed by atoms with van der Waals surface area (Å²) in [5.74, 6) is 0.531. The van der Waals surface area contributed by atoms with Crippen molar-refractivity contribution in [3.63, 3.8) is 0 Å². The Kier molecular flexibility index (Phi) is 8.52. The minimum atomic E-state index is -0.215. The van der Waals surface area contributed by atoms with Gasteiger partial charge in [0.1, 0.15) is 5.75 Å². The zero-order chi connectivity index (χ0) is 21.3. The standard InChI is InChI=1S/C23H29ClN2O3/c1-23(2,3)18-9-11-20(12-10-18)29-15-5-8-21(27)25-13-14-26-22(28)17-6-4-7-19(24)16-17/h4,6-7,9-12,16H,5,8,13-15H2,1-3H3,(H,25,27)(H,26,28). The molecule has 0 aromatic heterocycles. The quantitative estimate of drug-likeness (QED) is 0.597. The first-order valence-electron chi connectivity index (χ1n) is 9.79. The molecule has 0 fully saturated rings. The molecule has 0 heterocycles. The maximum absolute atomic E-state index is 12.0. The molecular weight excluding hydrogens is 388 g/mol. The molecule has 0 bridgehead atoms. The molecule has 0 atom stereocenters. The average Bonchev–Trinajstić information content (AvgIpc) is 2.68. The van der Waals surface area contributed by atoms with E-state index in [1.54, 1.807) is 24.3 Å². The number of amides is 2. The number of rotatable bonds is 9. The molecule has 156 valence electrons. The lowest BCUT2D eigenvalue weighted by atomic mass is 9.87. The largest absolute Gasteiger partial charge is 0.494 e. The normalized spacial score (nSPS) is 11.0. The minimum absolute atomic E-state index is 0.0614. The third-order valence-electron chi connectivity index (χ3n) is 4.36. The lowest BCUT2D eigenvalue weighted by Gasteiger charge is -2.19. The molecule has 0 aliphatic rings. The Hall–Kier alpha value is -2.53. The summed E-state index contributed by atoms with van der Waals surface area (Å²) < 4.78 is 5.69. The van der Waals surface area contributed by atoms with Gasteiger partial charge in [-0.2, -0.15) is 0 Å². The first-order valence-corrected chi connectivity index (χ1v) is 10.2. The number of ether oxygens (including phenoxy) is 1. The molecular formula is C23H29ClN2O3. The van der Waals surface area contributed by atoms with E-state index in [0.29, 0.717) is 43.1 Å². The van der Waals surface area contributed by atoms with E-state index in [4.69, 9.17) is 16.3 Å². The van der Waals surface area contributed by atoms with Crippen LogP contribution >= 0.6 is 11.6 Å². The molecule has 6 heteroatoms. The number of carbonyl (C=O) groups is 2. The fourth-order valence-electron chi connectivity index (χ4n) is 2.67. The fourth-order valence-corrected chi connectivity index (χ4v) is 2.86. The number of hydrogen-bond donors (Lipinski definition) is 2. The summed E-state index contributed by atoms with van der Waals surface area (Å²) in [6, 6.07) is 14.8. The van der Waals surface area contributed by atoms with Crippen LogP contribution in [0, 0.1) is 0 Å². The summed E-state index contributed by atoms with van der Waals surface area (Å²) in [6.45, 7) is 7.72. The molecule has 2 amide bonds. The van der Waals surface area contributed by atoms with Gasteiger partial charge in [-0.1, -0.05) is 50.6 Å². The van der Waals surface area contributed by atoms with E-state index in [1.807, 2.05) is 12.1 Å². The molecule has 5 nitrogen and oxygen atoms in total. The smallest absolute Gasteiger partial charge is 0.251 e. The fraction of sp³-hybridized carbons (Fsp3) is 0.391. The van der Waals surface area contributed by atoms with Crippen molar-refractivity contribution in [1.29, 1.82) is 0 Å². The van der Waals surface area contributed by atoms with Gasteiger partial charge in [-0.05, 0) is 47.7 Å². The lowest BCUT2D eigenvalue weighted by Crippen LogP contribution is -2.34. The van der Waals surface area contributed by atoms with Crippen molar-refractivity contribution in [1.82, 2.24) is 10.6 Å². The van der Waals surface area contributed by atoms with Crippen molar-refractivity contribution in [2.24, 2.45) is 0 Å². The summed E-state index contributed by atoms with van der Waals surface area (Å²) >= 11 is 5.87. The Bertz CT molecular complexity index is 814. The van der Waals surface area contributed by atoms with Gasteiger partial charge in [-0.15, -0.1) is 0 Å². The van der Waals surface area contributed by atoms with E-state index in [9.17, 15) is 9.59 Å². The zero-order valence-corrected chi connectivity index (χ0v) is 18.0. The van der Waals surface area contributed by atoms with Crippen LogP contribution < -0.4 is 15.4 Å². The van der Waals surface area contributed by atoms with Crippen molar-refractivity contribution >= 4 is 23.4 Å². The molecule has 2 aromatic carbocycles. The van der Waals surface area contributed by atoms with Crippen LogP contribution in [0.15, 0.2) is 48.5 Å². The predicted molar refractivity (Wildman–Crippen MR) is 117 cm³/mol. The van der Waals surface area contributed by atoms with Gasteiger partial charge >= 0.3 is 0 Å². The third-order valence-corrected chi connectivity index (χ3v) is 4.59. The molecule has 0 spiro atoms. The Morgan fingerprint density at radius 3 is 2.34 bits per heavy atom. The first kappa shape index (κ1) is 22.8. The number of hydrogen-bond acceptors (Lipinski definition) is 3. The number of halogens is 1. The first-order chi connectivity index (χ1) is 13.8. The van der Waals surface area contributed by atoms with E-state index in [1.165, 1.54) is 5.56 Å². The van der Waals surface area contributed by atoms with E-state index in [0.717, 1.165) is 5.75 Å². The molecule has 2 aromatic rings. The number of benzene rings is 2. The second-order valence-corrected chi connectivity index (χ2v) is 8.28. The molecule has 2 rings (SSSR count). The molecule has 0 radical (unpaired) electrons. The molecule has 0 unspecified atom stereocenters. The SMILES string of the molecule is CC(C)(C)c1ccc(OCCCC(=O)NCCNC(=O)c2cccc(Cl)c2)cc1. The molecule has 2 N–H and O–H groups in total. The van der Waals surface area contributed by atoms with Crippen LogP contribution in [0.2, 0.25) is 5.02 Å². The zero-order valence-electron chi connectivity index (χ0n) is 17.3. The second-order valence-electron chi connectivity index (χ2n) is 7.84. The maximum atomic E-state index is 12.0. The van der Waals surface area contributed by atoms with Crippen molar-refractivity contribution in [3.05, 3.63) is 64.7 Å². The summed E-state index contributed by atoms with van der Waals surface area (Å²) in [5.41, 5.74) is 1.87. The van der Waals surface area contributed by atoms with Crippen molar-refractivity contribution < 1.29 is 14.3 Å². The van der Waals surface area contributed by atoms with Crippen LogP contribution in [-0.4, -0.2) is 31.5 Å². The Balaban J connectivity index is 1.57. The van der Waals surface area contributed by atoms with Crippen LogP contribution in [0.25, 0.3) is 0 Å². The van der Waals surface area contributed by atoms with Crippen LogP contribution in [0.5, 0.6) is 5.75 Å². The highest BCUT2D eigenvalue weighted by atomic mass is 35.5. The minimum Gasteiger partial charge on any atom is -0.494 e. The van der Waals surface area contributed by atoms with Gasteiger partial charge in [-0.3, -0.25) is 9.59 Å². The van der Waals surface area contributed by atoms with Crippen molar-refractivity contribution in [2.75, 3.05) is 19.7 Å². The summed E-state index contributed by atoms with van der Waals surface area (Å²) in [4.78, 5) is 23.8. The van der Waals surface area contributed by atoms with Crippen molar-refractivity contribution in [2.45, 2.75) is 39.0 Å². The van der Waals surface area contributed by atoms with Gasteiger partial charge in [0.2, 0.25) is 5.91 Å². The highest BCUT2D eigenvalue weighted by molar-refractivity contribution is 6.30. The molecule has 0 saturated heterocycles. The lowest BCUT2D eigenvalue weighted by molar-refractivity contribution is -0.121. The predicted octanol–water partition coefficient (Wildman–Crippen LogP) is 4.34. The monoisotopic (exact) mass is 416 g/mol. The topological polar surface area (TPSA) is 67.4 Å². The van der Waals surface area contributed by atoms with Crippen LogP contribution in [0.1, 0.15) is 49.5 Å². The van der Waals surface area contributed by atoms with E-state index in [2.05, 4.69) is 43.5 Å². The van der Waals surface area contributed by atoms with E-state index in [-0.39, 0.29) is 17.2 Å². The molecule has 0 aliphatic carbocycles. The molecule has 29 heavy (non-hydrogen) atoms. The number of carbonyl (C=O) groups excluding carboxylic acids is 2. The summed E-state index contributed by atoms with van der Waals surface area (Å²) in [6.07, 6.45) is 1.00. The summed E-state index contributed by atoms with van der Waals surface area (Å²) in [5, 5.41) is 6.05. The average molecular weight is 417 g/mol. The van der Waals surface area contributed by atoms with E-state index < -0.39 is 0 Å². The van der Waals surface area contributed by atoms with Gasteiger partial charge in [0.25, 0.3) is 5.91 Å². The highest BCUT2D eigenvalue weighted by Gasteiger charge is 2.13. The van der Waals surface area contributed by atoms with E-state index >= 15 is 0 Å².